The molecule has 154 valence electrons. The van der Waals surface area contributed by atoms with E-state index in [1.54, 1.807) is 23.0 Å². The summed E-state index contributed by atoms with van der Waals surface area (Å²) in [5.41, 5.74) is -1.62. The molecule has 12 heteroatoms. The second-order valence-corrected chi connectivity index (χ2v) is 7.73. The van der Waals surface area contributed by atoms with E-state index in [2.05, 4.69) is 14.7 Å². The monoisotopic (exact) mass is 454 g/mol. The van der Waals surface area contributed by atoms with E-state index in [-0.39, 0.29) is 23.6 Å². The van der Waals surface area contributed by atoms with E-state index in [0.717, 1.165) is 17.0 Å². The van der Waals surface area contributed by atoms with Gasteiger partial charge in [0.1, 0.15) is 5.75 Å². The van der Waals surface area contributed by atoms with Crippen LogP contribution in [0.1, 0.15) is 4.88 Å². The molecule has 2 aliphatic rings. The molecule has 0 N–H and O–H groups in total. The smallest absolute Gasteiger partial charge is 0.406 e. The second kappa shape index (κ2) is 7.58. The highest BCUT2D eigenvalue weighted by atomic mass is 35.5. The van der Waals surface area contributed by atoms with Gasteiger partial charge in [0.25, 0.3) is 5.56 Å². The van der Waals surface area contributed by atoms with Crippen LogP contribution in [0.4, 0.5) is 13.2 Å². The number of alkyl halides is 3. The van der Waals surface area contributed by atoms with Crippen molar-refractivity contribution in [3.05, 3.63) is 79.0 Å². The number of aromatic nitrogens is 4. The second-order valence-electron chi connectivity index (χ2n) is 6.03. The molecule has 2 aromatic rings. The number of hydrogen-bond acceptors (Lipinski definition) is 6. The number of ether oxygens (including phenoxy) is 1. The Labute approximate surface area is 174 Å². The molecule has 0 saturated heterocycles. The first-order valence-electron chi connectivity index (χ1n) is 8.30. The van der Waals surface area contributed by atoms with Crippen molar-refractivity contribution in [2.75, 3.05) is 0 Å². The highest BCUT2D eigenvalue weighted by molar-refractivity contribution is 7.15. The molecule has 2 aliphatic heterocycles. The third-order valence-electron chi connectivity index (χ3n) is 4.03. The van der Waals surface area contributed by atoms with E-state index in [9.17, 15) is 22.8 Å². The zero-order valence-corrected chi connectivity index (χ0v) is 16.3. The molecule has 7 nitrogen and oxygen atoms in total. The molecule has 0 saturated carbocycles. The lowest BCUT2D eigenvalue weighted by Crippen LogP contribution is -2.36. The van der Waals surface area contributed by atoms with Crippen molar-refractivity contribution in [2.45, 2.75) is 12.9 Å². The van der Waals surface area contributed by atoms with Crippen LogP contribution in [0.3, 0.4) is 0 Å². The molecule has 0 atom stereocenters. The Bertz CT molecular complexity index is 1310. The van der Waals surface area contributed by atoms with Gasteiger partial charge in [0.15, 0.2) is 10.3 Å². The van der Waals surface area contributed by atoms with Crippen molar-refractivity contribution in [3.63, 3.8) is 0 Å². The van der Waals surface area contributed by atoms with Gasteiger partial charge in [-0.3, -0.25) is 4.79 Å². The van der Waals surface area contributed by atoms with E-state index in [0.29, 0.717) is 9.03 Å². The number of benzene rings is 1. The van der Waals surface area contributed by atoms with E-state index in [4.69, 9.17) is 11.6 Å². The largest absolute Gasteiger partial charge is 0.573 e. The van der Waals surface area contributed by atoms with Crippen LogP contribution in [0.15, 0.2) is 58.4 Å². The fraction of sp³-hybridized carbons (Fsp3) is 0.111. The summed E-state index contributed by atoms with van der Waals surface area (Å²) in [5, 5.41) is 0. The lowest BCUT2D eigenvalue weighted by atomic mass is 10.2. The van der Waals surface area contributed by atoms with Crippen molar-refractivity contribution in [1.82, 2.24) is 19.1 Å². The van der Waals surface area contributed by atoms with Crippen LogP contribution < -0.4 is 16.0 Å². The summed E-state index contributed by atoms with van der Waals surface area (Å²) in [6.07, 6.45) is -1.69. The average Bonchev–Trinajstić information content (AvgIpc) is 3.06. The summed E-state index contributed by atoms with van der Waals surface area (Å²) in [6.45, 7) is 0.284. The molecule has 0 spiro atoms. The van der Waals surface area contributed by atoms with Crippen LogP contribution in [0.25, 0.3) is 17.1 Å². The normalized spacial score (nSPS) is 11.7. The summed E-state index contributed by atoms with van der Waals surface area (Å²) < 4.78 is 44.0. The first kappa shape index (κ1) is 20.1. The number of hydrogen-bond donors (Lipinski definition) is 0. The summed E-state index contributed by atoms with van der Waals surface area (Å²) in [6, 6.07) is 7.65. The number of halogens is 4. The van der Waals surface area contributed by atoms with Crippen LogP contribution >= 0.6 is 22.9 Å². The summed E-state index contributed by atoms with van der Waals surface area (Å²) in [7, 11) is 0. The zero-order chi connectivity index (χ0) is 21.5. The van der Waals surface area contributed by atoms with Gasteiger partial charge >= 0.3 is 12.1 Å². The third-order valence-corrected chi connectivity index (χ3v) is 5.13. The molecule has 4 rings (SSSR count). The van der Waals surface area contributed by atoms with Crippen molar-refractivity contribution < 1.29 is 17.9 Å². The van der Waals surface area contributed by atoms with Gasteiger partial charge in [0.05, 0.1) is 17.8 Å². The van der Waals surface area contributed by atoms with Gasteiger partial charge in [0, 0.05) is 23.3 Å². The summed E-state index contributed by atoms with van der Waals surface area (Å²) >= 11 is 7.08. The van der Waals surface area contributed by atoms with E-state index >= 15 is 0 Å². The van der Waals surface area contributed by atoms with Crippen molar-refractivity contribution in [1.29, 1.82) is 0 Å². The highest BCUT2D eigenvalue weighted by Crippen LogP contribution is 2.25. The van der Waals surface area contributed by atoms with Crippen LogP contribution in [0, 0.1) is 0 Å². The number of rotatable bonds is 4. The van der Waals surface area contributed by atoms with Gasteiger partial charge in [-0.05, 0) is 24.3 Å². The van der Waals surface area contributed by atoms with Crippen molar-refractivity contribution in [3.8, 4) is 22.8 Å². The molecule has 0 aliphatic carbocycles. The van der Waals surface area contributed by atoms with Crippen LogP contribution in [-0.2, 0) is 6.54 Å². The van der Waals surface area contributed by atoms with Gasteiger partial charge in [-0.1, -0.05) is 17.7 Å². The molecule has 0 fully saturated rings. The van der Waals surface area contributed by atoms with Gasteiger partial charge in [-0.2, -0.15) is 4.98 Å². The Morgan fingerprint density at radius 1 is 1.17 bits per heavy atom. The van der Waals surface area contributed by atoms with E-state index in [1.165, 1.54) is 29.5 Å². The topological polar surface area (TPSA) is 79.0 Å². The Kier molecular flexibility index (Phi) is 5.08. The fourth-order valence-corrected chi connectivity index (χ4v) is 3.86. The highest BCUT2D eigenvalue weighted by Gasteiger charge is 2.31. The number of nitrogens with zero attached hydrogens (tertiary/aromatic N) is 4. The maximum absolute atomic E-state index is 13.0. The predicted octanol–water partition coefficient (Wildman–Crippen LogP) is 3.56. The minimum Gasteiger partial charge on any atom is -0.406 e. The molecule has 0 unspecified atom stereocenters. The summed E-state index contributed by atoms with van der Waals surface area (Å²) in [5.74, 6) is -0.424. The Balaban J connectivity index is 1.82. The maximum Gasteiger partial charge on any atom is 0.573 e. The molecule has 1 aromatic heterocycles. The standard InChI is InChI=1S/C18H10ClF3N4O3S/c19-16-23-8-12(30-16)9-25-6-2-5-13-14(25)24-17(28)26(15(13)27)10-3-1-4-11(7-10)29-18(20,21)22/h1-8H,9H2. The van der Waals surface area contributed by atoms with Gasteiger partial charge in [0.2, 0.25) is 0 Å². The Morgan fingerprint density at radius 3 is 2.67 bits per heavy atom. The van der Waals surface area contributed by atoms with Crippen molar-refractivity contribution >= 4 is 22.9 Å². The molecule has 0 amide bonds. The Morgan fingerprint density at radius 2 is 1.97 bits per heavy atom. The molecule has 3 heterocycles. The minimum absolute atomic E-state index is 0.0919. The molecular formula is C18H10ClF3N4O3S. The maximum atomic E-state index is 13.0. The molecule has 30 heavy (non-hydrogen) atoms. The fourth-order valence-electron chi connectivity index (χ4n) is 2.88. The summed E-state index contributed by atoms with van der Waals surface area (Å²) in [4.78, 5) is 34.3. The van der Waals surface area contributed by atoms with Crippen molar-refractivity contribution in [2.24, 2.45) is 0 Å². The van der Waals surface area contributed by atoms with Gasteiger partial charge < -0.3 is 9.30 Å². The first-order valence-corrected chi connectivity index (χ1v) is 9.49. The van der Waals surface area contributed by atoms with Gasteiger partial charge in [-0.15, -0.1) is 24.5 Å². The van der Waals surface area contributed by atoms with Gasteiger partial charge in [-0.25, -0.2) is 14.3 Å². The van der Waals surface area contributed by atoms with E-state index < -0.39 is 23.4 Å². The lowest BCUT2D eigenvalue weighted by molar-refractivity contribution is -0.274. The molecule has 0 bridgehead atoms. The minimum atomic E-state index is -4.91. The van der Waals surface area contributed by atoms with E-state index in [1.807, 2.05) is 0 Å². The molecule has 0 radical (unpaired) electrons. The average molecular weight is 455 g/mol. The van der Waals surface area contributed by atoms with Crippen LogP contribution in [0.5, 0.6) is 5.75 Å². The lowest BCUT2D eigenvalue weighted by Gasteiger charge is -2.15. The first-order chi connectivity index (χ1) is 14.2. The van der Waals surface area contributed by atoms with Crippen LogP contribution in [-0.4, -0.2) is 25.5 Å². The SMILES string of the molecule is O=c1nc2n(Cc3cnc(Cl)s3)cccc-2c(=O)n1-c1cccc(OC(F)(F)F)c1. The Hall–Kier alpha value is -3.18. The molecular weight excluding hydrogens is 445 g/mol. The third kappa shape index (κ3) is 4.07. The van der Waals surface area contributed by atoms with Crippen LogP contribution in [0.2, 0.25) is 4.47 Å². The molecule has 1 aromatic carbocycles. The zero-order valence-electron chi connectivity index (χ0n) is 14.8. The quantitative estimate of drug-likeness (QED) is 0.471. The number of fused-ring (bicyclic) bond motifs is 1. The number of thiazole rings is 1. The number of pyridine rings is 1. The predicted molar refractivity (Wildman–Crippen MR) is 104 cm³/mol.